The van der Waals surface area contributed by atoms with Gasteiger partial charge in [0.25, 0.3) is 0 Å². The van der Waals surface area contributed by atoms with Gasteiger partial charge in [-0.3, -0.25) is 9.97 Å². The van der Waals surface area contributed by atoms with E-state index in [0.29, 0.717) is 19.0 Å². The van der Waals surface area contributed by atoms with Crippen LogP contribution in [0.1, 0.15) is 12.8 Å². The van der Waals surface area contributed by atoms with Gasteiger partial charge in [0.15, 0.2) is 11.6 Å². The molecule has 0 aliphatic carbocycles. The molecule has 2 aliphatic rings. The van der Waals surface area contributed by atoms with Gasteiger partial charge < -0.3 is 14.4 Å². The van der Waals surface area contributed by atoms with Crippen LogP contribution in [0.3, 0.4) is 0 Å². The second-order valence-electron chi connectivity index (χ2n) is 6.98. The summed E-state index contributed by atoms with van der Waals surface area (Å²) in [6.07, 6.45) is 6.96. The Morgan fingerprint density at radius 3 is 2.36 bits per heavy atom. The summed E-state index contributed by atoms with van der Waals surface area (Å²) < 4.78 is 11.7. The fraction of sp³-hybridized carbons (Fsp3) is 0.333. The fourth-order valence-corrected chi connectivity index (χ4v) is 3.73. The summed E-state index contributed by atoms with van der Waals surface area (Å²) in [4.78, 5) is 20.4. The standard InChI is InChI=1S/C21H21N5O2/c1-2-8-23-17(3-1)18-15-19(25-20(24-18)16-4-9-22-10-5-16)26-11-6-21(7-12-26)27-13-14-28-21/h1-5,8-10,15H,6-7,11-14H2. The lowest BCUT2D eigenvalue weighted by Crippen LogP contribution is -2.45. The molecule has 0 aromatic carbocycles. The molecule has 0 bridgehead atoms. The summed E-state index contributed by atoms with van der Waals surface area (Å²) in [5, 5.41) is 0. The number of piperidine rings is 1. The second kappa shape index (κ2) is 7.26. The Bertz CT molecular complexity index is 878. The predicted octanol–water partition coefficient (Wildman–Crippen LogP) is 2.94. The number of nitrogens with zero attached hydrogens (tertiary/aromatic N) is 5. The number of pyridine rings is 2. The highest BCUT2D eigenvalue weighted by atomic mass is 16.7. The first-order valence-corrected chi connectivity index (χ1v) is 9.55. The van der Waals surface area contributed by atoms with E-state index in [-0.39, 0.29) is 0 Å². The Labute approximate surface area is 163 Å². The van der Waals surface area contributed by atoms with Crippen molar-refractivity contribution in [2.45, 2.75) is 18.6 Å². The van der Waals surface area contributed by atoms with Crippen LogP contribution in [0.4, 0.5) is 5.82 Å². The van der Waals surface area contributed by atoms with Crippen LogP contribution in [0, 0.1) is 0 Å². The molecular weight excluding hydrogens is 354 g/mol. The first-order valence-electron chi connectivity index (χ1n) is 9.55. The summed E-state index contributed by atoms with van der Waals surface area (Å²) >= 11 is 0. The molecule has 7 nitrogen and oxygen atoms in total. The minimum atomic E-state index is -0.402. The quantitative estimate of drug-likeness (QED) is 0.697. The van der Waals surface area contributed by atoms with Crippen LogP contribution in [0.5, 0.6) is 0 Å². The van der Waals surface area contributed by atoms with Crippen molar-refractivity contribution in [2.75, 3.05) is 31.2 Å². The van der Waals surface area contributed by atoms with Crippen LogP contribution < -0.4 is 4.90 Å². The normalized spacial score (nSPS) is 18.5. The number of anilines is 1. The monoisotopic (exact) mass is 375 g/mol. The van der Waals surface area contributed by atoms with Crippen molar-refractivity contribution in [3.05, 3.63) is 55.0 Å². The van der Waals surface area contributed by atoms with Crippen molar-refractivity contribution in [1.29, 1.82) is 0 Å². The number of hydrogen-bond acceptors (Lipinski definition) is 7. The van der Waals surface area contributed by atoms with Crippen LogP contribution >= 0.6 is 0 Å². The smallest absolute Gasteiger partial charge is 0.171 e. The Morgan fingerprint density at radius 2 is 1.64 bits per heavy atom. The van der Waals surface area contributed by atoms with Crippen molar-refractivity contribution < 1.29 is 9.47 Å². The first kappa shape index (κ1) is 17.2. The lowest BCUT2D eigenvalue weighted by Gasteiger charge is -2.38. The Kier molecular flexibility index (Phi) is 4.46. The van der Waals surface area contributed by atoms with Gasteiger partial charge in [0, 0.05) is 56.2 Å². The van der Waals surface area contributed by atoms with E-state index in [1.807, 2.05) is 36.4 Å². The van der Waals surface area contributed by atoms with Gasteiger partial charge in [-0.05, 0) is 24.3 Å². The van der Waals surface area contributed by atoms with Crippen molar-refractivity contribution in [3.63, 3.8) is 0 Å². The zero-order valence-electron chi connectivity index (χ0n) is 15.5. The molecule has 7 heteroatoms. The van der Waals surface area contributed by atoms with Crippen LogP contribution in [0.15, 0.2) is 55.0 Å². The van der Waals surface area contributed by atoms with Gasteiger partial charge in [0.2, 0.25) is 0 Å². The van der Waals surface area contributed by atoms with E-state index in [2.05, 4.69) is 14.9 Å². The molecule has 5 heterocycles. The third-order valence-corrected chi connectivity index (χ3v) is 5.24. The molecule has 5 rings (SSSR count). The van der Waals surface area contributed by atoms with Crippen LogP contribution in [0.2, 0.25) is 0 Å². The Morgan fingerprint density at radius 1 is 0.857 bits per heavy atom. The lowest BCUT2D eigenvalue weighted by molar-refractivity contribution is -0.169. The molecule has 0 saturated carbocycles. The van der Waals surface area contributed by atoms with Gasteiger partial charge in [-0.1, -0.05) is 6.07 Å². The predicted molar refractivity (Wildman–Crippen MR) is 105 cm³/mol. The highest BCUT2D eigenvalue weighted by Gasteiger charge is 2.40. The molecule has 0 amide bonds. The summed E-state index contributed by atoms with van der Waals surface area (Å²) in [7, 11) is 0. The van der Waals surface area contributed by atoms with E-state index >= 15 is 0 Å². The van der Waals surface area contributed by atoms with Gasteiger partial charge in [-0.25, -0.2) is 9.97 Å². The van der Waals surface area contributed by atoms with Gasteiger partial charge in [-0.15, -0.1) is 0 Å². The van der Waals surface area contributed by atoms with Crippen LogP contribution in [-0.2, 0) is 9.47 Å². The molecule has 142 valence electrons. The average molecular weight is 375 g/mol. The Balaban J connectivity index is 1.50. The number of hydrogen-bond donors (Lipinski definition) is 0. The van der Waals surface area contributed by atoms with Gasteiger partial charge in [0.05, 0.1) is 24.6 Å². The van der Waals surface area contributed by atoms with Gasteiger partial charge in [-0.2, -0.15) is 0 Å². The number of rotatable bonds is 3. The average Bonchev–Trinajstić information content (AvgIpc) is 3.23. The van der Waals surface area contributed by atoms with E-state index in [9.17, 15) is 0 Å². The molecule has 1 spiro atoms. The lowest BCUT2D eigenvalue weighted by atomic mass is 10.0. The molecular formula is C21H21N5O2. The zero-order valence-corrected chi connectivity index (χ0v) is 15.5. The van der Waals surface area contributed by atoms with Crippen molar-refractivity contribution in [2.24, 2.45) is 0 Å². The Hall–Kier alpha value is -2.90. The maximum absolute atomic E-state index is 5.85. The first-order chi connectivity index (χ1) is 13.8. The van der Waals surface area contributed by atoms with Crippen molar-refractivity contribution in [3.8, 4) is 22.8 Å². The third-order valence-electron chi connectivity index (χ3n) is 5.24. The van der Waals surface area contributed by atoms with E-state index in [1.165, 1.54) is 0 Å². The van der Waals surface area contributed by atoms with E-state index in [1.54, 1.807) is 18.6 Å². The molecule has 2 saturated heterocycles. The minimum Gasteiger partial charge on any atom is -0.356 e. The molecule has 0 radical (unpaired) electrons. The zero-order chi connectivity index (χ0) is 18.8. The summed E-state index contributed by atoms with van der Waals surface area (Å²) in [6, 6.07) is 11.7. The SMILES string of the molecule is c1ccc(-c2cc(N3CCC4(CC3)OCCO4)nc(-c3ccncc3)n2)nc1. The largest absolute Gasteiger partial charge is 0.356 e. The third kappa shape index (κ3) is 3.34. The highest BCUT2D eigenvalue weighted by molar-refractivity contribution is 5.65. The maximum atomic E-state index is 5.85. The van der Waals surface area contributed by atoms with Crippen LogP contribution in [-0.4, -0.2) is 52.0 Å². The van der Waals surface area contributed by atoms with E-state index < -0.39 is 5.79 Å². The number of ether oxygens (including phenoxy) is 2. The second-order valence-corrected chi connectivity index (χ2v) is 6.98. The van der Waals surface area contributed by atoms with E-state index in [0.717, 1.165) is 48.7 Å². The summed E-state index contributed by atoms with van der Waals surface area (Å²) in [5.74, 6) is 1.17. The van der Waals surface area contributed by atoms with Crippen molar-refractivity contribution in [1.82, 2.24) is 19.9 Å². The molecule has 0 atom stereocenters. The molecule has 2 aliphatic heterocycles. The molecule has 3 aromatic rings. The topological polar surface area (TPSA) is 73.3 Å². The van der Waals surface area contributed by atoms with Gasteiger partial charge >= 0.3 is 0 Å². The highest BCUT2D eigenvalue weighted by Crippen LogP contribution is 2.34. The molecule has 2 fully saturated rings. The molecule has 3 aromatic heterocycles. The molecule has 28 heavy (non-hydrogen) atoms. The molecule has 0 N–H and O–H groups in total. The van der Waals surface area contributed by atoms with Crippen molar-refractivity contribution >= 4 is 5.82 Å². The maximum Gasteiger partial charge on any atom is 0.171 e. The van der Waals surface area contributed by atoms with Gasteiger partial charge in [0.1, 0.15) is 5.82 Å². The fourth-order valence-electron chi connectivity index (χ4n) is 3.73. The molecule has 0 unspecified atom stereocenters. The summed E-state index contributed by atoms with van der Waals surface area (Å²) in [5.41, 5.74) is 2.58. The van der Waals surface area contributed by atoms with E-state index in [4.69, 9.17) is 19.4 Å². The minimum absolute atomic E-state index is 0.402. The van der Waals surface area contributed by atoms with Crippen LogP contribution in [0.25, 0.3) is 22.8 Å². The summed E-state index contributed by atoms with van der Waals surface area (Å²) in [6.45, 7) is 3.02. The number of aromatic nitrogens is 4.